The van der Waals surface area contributed by atoms with Crippen molar-refractivity contribution < 1.29 is 19.7 Å². The number of hydrogen-bond donors (Lipinski definition) is 2. The van der Waals surface area contributed by atoms with Crippen LogP contribution in [0.1, 0.15) is 18.1 Å². The van der Waals surface area contributed by atoms with Gasteiger partial charge in [0.15, 0.2) is 0 Å². The summed E-state index contributed by atoms with van der Waals surface area (Å²) in [7, 11) is 0. The molecule has 1 fully saturated rings. The molecule has 25 heavy (non-hydrogen) atoms. The molecule has 0 aliphatic carbocycles. The van der Waals surface area contributed by atoms with E-state index in [1.807, 2.05) is 61.5 Å². The number of ether oxygens (including phenoxy) is 2. The molecule has 2 aromatic rings. The Hall–Kier alpha value is -1.37. The van der Waals surface area contributed by atoms with Gasteiger partial charge in [-0.05, 0) is 31.5 Å². The van der Waals surface area contributed by atoms with Crippen molar-refractivity contribution in [3.05, 3.63) is 65.7 Å². The third kappa shape index (κ3) is 4.63. The average Bonchev–Trinajstić information content (AvgIpc) is 2.62. The van der Waals surface area contributed by atoms with Gasteiger partial charge in [0.1, 0.15) is 23.7 Å². The maximum Gasteiger partial charge on any atom is 0.136 e. The molecular formula is C20H24O4S. The Morgan fingerprint density at radius 2 is 1.68 bits per heavy atom. The van der Waals surface area contributed by atoms with Crippen LogP contribution in [0.3, 0.4) is 0 Å². The van der Waals surface area contributed by atoms with Crippen molar-refractivity contribution in [1.82, 2.24) is 0 Å². The first kappa shape index (κ1) is 18.4. The molecular weight excluding hydrogens is 336 g/mol. The monoisotopic (exact) mass is 360 g/mol. The van der Waals surface area contributed by atoms with Crippen LogP contribution in [0.15, 0.2) is 59.5 Å². The van der Waals surface area contributed by atoms with Crippen LogP contribution in [0.5, 0.6) is 0 Å². The lowest BCUT2D eigenvalue weighted by Crippen LogP contribution is -2.56. The SMILES string of the molecule is Cc1ccc(CO[C@H]2[C@H](O)[C@H](O)[C@H](C)O[C@@H]2Sc2ccccc2)cc1. The smallest absolute Gasteiger partial charge is 0.136 e. The molecule has 5 atom stereocenters. The predicted octanol–water partition coefficient (Wildman–Crippen LogP) is 3.14. The molecule has 0 bridgehead atoms. The van der Waals surface area contributed by atoms with Gasteiger partial charge in [0, 0.05) is 4.90 Å². The van der Waals surface area contributed by atoms with E-state index in [-0.39, 0.29) is 5.44 Å². The number of aliphatic hydroxyl groups excluding tert-OH is 2. The lowest BCUT2D eigenvalue weighted by molar-refractivity contribution is -0.210. The molecule has 3 rings (SSSR count). The Morgan fingerprint density at radius 1 is 1.00 bits per heavy atom. The molecule has 0 aromatic heterocycles. The van der Waals surface area contributed by atoms with Gasteiger partial charge in [-0.1, -0.05) is 59.8 Å². The van der Waals surface area contributed by atoms with Crippen molar-refractivity contribution in [2.24, 2.45) is 0 Å². The van der Waals surface area contributed by atoms with Gasteiger partial charge in [-0.25, -0.2) is 0 Å². The number of hydrogen-bond acceptors (Lipinski definition) is 5. The van der Waals surface area contributed by atoms with Crippen molar-refractivity contribution in [2.45, 2.75) is 55.2 Å². The summed E-state index contributed by atoms with van der Waals surface area (Å²) in [5.74, 6) is 0. The molecule has 0 saturated carbocycles. The van der Waals surface area contributed by atoms with Gasteiger partial charge in [-0.2, -0.15) is 0 Å². The largest absolute Gasteiger partial charge is 0.388 e. The Bertz CT molecular complexity index is 661. The molecule has 1 aliphatic heterocycles. The van der Waals surface area contributed by atoms with Crippen LogP contribution in [0.4, 0.5) is 0 Å². The quantitative estimate of drug-likeness (QED) is 0.858. The van der Waals surface area contributed by atoms with Crippen LogP contribution in [0, 0.1) is 6.92 Å². The topological polar surface area (TPSA) is 58.9 Å². The van der Waals surface area contributed by atoms with Crippen LogP contribution < -0.4 is 0 Å². The molecule has 0 amide bonds. The second kappa shape index (κ2) is 8.34. The molecule has 1 heterocycles. The van der Waals surface area contributed by atoms with E-state index in [1.165, 1.54) is 17.3 Å². The summed E-state index contributed by atoms with van der Waals surface area (Å²) in [4.78, 5) is 1.03. The molecule has 2 aromatic carbocycles. The summed E-state index contributed by atoms with van der Waals surface area (Å²) in [5, 5.41) is 20.7. The Labute approximate surface area is 152 Å². The third-order valence-electron chi connectivity index (χ3n) is 4.34. The van der Waals surface area contributed by atoms with E-state index in [4.69, 9.17) is 9.47 Å². The van der Waals surface area contributed by atoms with Gasteiger partial charge in [0.25, 0.3) is 0 Å². The summed E-state index contributed by atoms with van der Waals surface area (Å²) in [6.45, 7) is 4.16. The average molecular weight is 360 g/mol. The maximum absolute atomic E-state index is 10.5. The summed E-state index contributed by atoms with van der Waals surface area (Å²) in [6, 6.07) is 17.9. The molecule has 1 aliphatic rings. The summed E-state index contributed by atoms with van der Waals surface area (Å²) >= 11 is 1.50. The maximum atomic E-state index is 10.5. The highest BCUT2D eigenvalue weighted by Crippen LogP contribution is 2.35. The summed E-state index contributed by atoms with van der Waals surface area (Å²) in [5.41, 5.74) is 1.82. The highest BCUT2D eigenvalue weighted by molar-refractivity contribution is 7.99. The van der Waals surface area contributed by atoms with Gasteiger partial charge in [-0.15, -0.1) is 0 Å². The second-order valence-electron chi connectivity index (χ2n) is 6.38. The number of aliphatic hydroxyl groups is 2. The first-order chi connectivity index (χ1) is 12.0. The van der Waals surface area contributed by atoms with E-state index in [0.717, 1.165) is 10.5 Å². The lowest BCUT2D eigenvalue weighted by atomic mass is 10.0. The van der Waals surface area contributed by atoms with Gasteiger partial charge in [0.2, 0.25) is 0 Å². The van der Waals surface area contributed by atoms with E-state index in [1.54, 1.807) is 6.92 Å². The minimum Gasteiger partial charge on any atom is -0.388 e. The van der Waals surface area contributed by atoms with Crippen LogP contribution in [-0.4, -0.2) is 40.1 Å². The van der Waals surface area contributed by atoms with Crippen molar-refractivity contribution in [3.8, 4) is 0 Å². The molecule has 0 radical (unpaired) electrons. The Kier molecular flexibility index (Phi) is 6.15. The minimum atomic E-state index is -0.990. The molecule has 0 unspecified atom stereocenters. The van der Waals surface area contributed by atoms with Crippen LogP contribution in [-0.2, 0) is 16.1 Å². The minimum absolute atomic E-state index is 0.359. The van der Waals surface area contributed by atoms with Crippen LogP contribution in [0.25, 0.3) is 0 Å². The third-order valence-corrected chi connectivity index (χ3v) is 5.50. The van der Waals surface area contributed by atoms with Crippen LogP contribution >= 0.6 is 11.8 Å². The Morgan fingerprint density at radius 3 is 2.36 bits per heavy atom. The normalized spacial score (nSPS) is 29.5. The van der Waals surface area contributed by atoms with E-state index in [2.05, 4.69) is 0 Å². The zero-order valence-electron chi connectivity index (χ0n) is 14.4. The standard InChI is InChI=1S/C20H24O4S/c1-13-8-10-15(11-9-13)12-23-19-18(22)17(21)14(2)24-20(19)25-16-6-4-3-5-7-16/h3-11,14,17-22H,12H2,1-2H3/t14-,17+,18+,19-,20+/m0/s1. The summed E-state index contributed by atoms with van der Waals surface area (Å²) < 4.78 is 11.9. The molecule has 134 valence electrons. The van der Waals surface area contributed by atoms with E-state index in [9.17, 15) is 10.2 Å². The van der Waals surface area contributed by atoms with Gasteiger partial charge < -0.3 is 19.7 Å². The summed E-state index contributed by atoms with van der Waals surface area (Å²) in [6.07, 6.45) is -3.01. The highest BCUT2D eigenvalue weighted by Gasteiger charge is 2.43. The fraction of sp³-hybridized carbons (Fsp3) is 0.400. The molecule has 4 nitrogen and oxygen atoms in total. The number of thioether (sulfide) groups is 1. The predicted molar refractivity (Wildman–Crippen MR) is 98.4 cm³/mol. The van der Waals surface area contributed by atoms with Crippen molar-refractivity contribution in [1.29, 1.82) is 0 Å². The zero-order valence-corrected chi connectivity index (χ0v) is 15.2. The van der Waals surface area contributed by atoms with Crippen molar-refractivity contribution in [2.75, 3.05) is 0 Å². The first-order valence-electron chi connectivity index (χ1n) is 8.45. The molecule has 5 heteroatoms. The van der Waals surface area contributed by atoms with Crippen molar-refractivity contribution in [3.63, 3.8) is 0 Å². The lowest BCUT2D eigenvalue weighted by Gasteiger charge is -2.41. The number of rotatable bonds is 5. The Balaban J connectivity index is 1.72. The first-order valence-corrected chi connectivity index (χ1v) is 9.33. The van der Waals surface area contributed by atoms with Crippen LogP contribution in [0.2, 0.25) is 0 Å². The zero-order chi connectivity index (χ0) is 17.8. The fourth-order valence-electron chi connectivity index (χ4n) is 2.78. The van der Waals surface area contributed by atoms with Gasteiger partial charge in [-0.3, -0.25) is 0 Å². The molecule has 0 spiro atoms. The van der Waals surface area contributed by atoms with Gasteiger partial charge >= 0.3 is 0 Å². The number of aryl methyl sites for hydroxylation is 1. The van der Waals surface area contributed by atoms with E-state index >= 15 is 0 Å². The van der Waals surface area contributed by atoms with Gasteiger partial charge in [0.05, 0.1) is 12.7 Å². The second-order valence-corrected chi connectivity index (χ2v) is 7.55. The number of benzene rings is 2. The molecule has 2 N–H and O–H groups in total. The van der Waals surface area contributed by atoms with Crippen molar-refractivity contribution >= 4 is 11.8 Å². The van der Waals surface area contributed by atoms with E-state index in [0.29, 0.717) is 6.61 Å². The van der Waals surface area contributed by atoms with E-state index < -0.39 is 24.4 Å². The fourth-order valence-corrected chi connectivity index (χ4v) is 3.97. The molecule has 1 saturated heterocycles. The highest BCUT2D eigenvalue weighted by atomic mass is 32.2.